The molecule has 0 radical (unpaired) electrons. The van der Waals surface area contributed by atoms with E-state index in [4.69, 9.17) is 19.9 Å². The SMILES string of the molecule is C=C/C=C\C=C(/C)c1nc(C2=CCCc3cc(-c4ccc5ccc6nc(-c7ccccc7)sc6c5c4)ccc32)nc(-c2ccccc2)n1. The molecule has 2 aromatic heterocycles. The van der Waals surface area contributed by atoms with Gasteiger partial charge in [-0.2, -0.15) is 0 Å². The zero-order chi connectivity index (χ0) is 32.5. The Balaban J connectivity index is 1.18. The lowest BCUT2D eigenvalue weighted by molar-refractivity contribution is 0.952. The summed E-state index contributed by atoms with van der Waals surface area (Å²) in [6.07, 6.45) is 11.8. The van der Waals surface area contributed by atoms with Gasteiger partial charge in [-0.1, -0.05) is 134 Å². The number of rotatable bonds is 7. The molecule has 2 heterocycles. The summed E-state index contributed by atoms with van der Waals surface area (Å²) < 4.78 is 1.22. The number of thiazole rings is 1. The first kappa shape index (κ1) is 29.6. The molecule has 0 saturated carbocycles. The van der Waals surface area contributed by atoms with Crippen LogP contribution in [0.25, 0.3) is 65.2 Å². The fraction of sp³-hybridized carbons (Fsp3) is 0.0698. The molecule has 5 aromatic carbocycles. The maximum Gasteiger partial charge on any atom is 0.164 e. The minimum Gasteiger partial charge on any atom is -0.236 e. The fourth-order valence-electron chi connectivity index (χ4n) is 6.27. The third kappa shape index (κ3) is 5.70. The molecule has 4 nitrogen and oxygen atoms in total. The van der Waals surface area contributed by atoms with Crippen LogP contribution in [0, 0.1) is 0 Å². The Morgan fingerprint density at radius 3 is 2.25 bits per heavy atom. The molecule has 0 atom stereocenters. The van der Waals surface area contributed by atoms with Crippen LogP contribution in [-0.4, -0.2) is 19.9 Å². The van der Waals surface area contributed by atoms with Crippen molar-refractivity contribution < 1.29 is 0 Å². The van der Waals surface area contributed by atoms with Crippen molar-refractivity contribution in [1.29, 1.82) is 0 Å². The second-order valence-electron chi connectivity index (χ2n) is 11.9. The van der Waals surface area contributed by atoms with Gasteiger partial charge in [-0.3, -0.25) is 0 Å². The van der Waals surface area contributed by atoms with Crippen molar-refractivity contribution in [2.75, 3.05) is 0 Å². The summed E-state index contributed by atoms with van der Waals surface area (Å²) >= 11 is 1.76. The van der Waals surface area contributed by atoms with Crippen molar-refractivity contribution >= 4 is 43.5 Å². The van der Waals surface area contributed by atoms with Crippen molar-refractivity contribution in [3.05, 3.63) is 169 Å². The van der Waals surface area contributed by atoms with Gasteiger partial charge in [0.25, 0.3) is 0 Å². The van der Waals surface area contributed by atoms with E-state index >= 15 is 0 Å². The molecule has 5 heteroatoms. The molecule has 1 aliphatic rings. The molecule has 0 N–H and O–H groups in total. The number of benzene rings is 5. The van der Waals surface area contributed by atoms with Gasteiger partial charge < -0.3 is 0 Å². The molecular formula is C43H32N4S. The molecule has 8 rings (SSSR count). The minimum absolute atomic E-state index is 0.665. The zero-order valence-electron chi connectivity index (χ0n) is 26.6. The van der Waals surface area contributed by atoms with E-state index in [-0.39, 0.29) is 0 Å². The maximum absolute atomic E-state index is 5.02. The molecule has 7 aromatic rings. The number of allylic oxidation sites excluding steroid dienone is 6. The van der Waals surface area contributed by atoms with Crippen molar-refractivity contribution in [2.24, 2.45) is 0 Å². The lowest BCUT2D eigenvalue weighted by atomic mass is 9.87. The summed E-state index contributed by atoms with van der Waals surface area (Å²) in [6.45, 7) is 5.81. The average Bonchev–Trinajstić information content (AvgIpc) is 3.60. The van der Waals surface area contributed by atoms with Crippen molar-refractivity contribution in [3.63, 3.8) is 0 Å². The molecule has 1 aliphatic carbocycles. The summed E-state index contributed by atoms with van der Waals surface area (Å²) in [4.78, 5) is 19.9. The van der Waals surface area contributed by atoms with Crippen molar-refractivity contribution in [2.45, 2.75) is 19.8 Å². The van der Waals surface area contributed by atoms with E-state index < -0.39 is 0 Å². The number of nitrogens with zero attached hydrogens (tertiary/aromatic N) is 4. The summed E-state index contributed by atoms with van der Waals surface area (Å²) in [5.74, 6) is 2.03. The average molecular weight is 637 g/mol. The molecule has 0 aliphatic heterocycles. The van der Waals surface area contributed by atoms with Crippen molar-refractivity contribution in [3.8, 4) is 33.1 Å². The third-order valence-electron chi connectivity index (χ3n) is 8.74. The van der Waals surface area contributed by atoms with E-state index in [1.165, 1.54) is 37.7 Å². The first-order valence-corrected chi connectivity index (χ1v) is 17.0. The summed E-state index contributed by atoms with van der Waals surface area (Å²) in [7, 11) is 0. The fourth-order valence-corrected chi connectivity index (χ4v) is 7.36. The zero-order valence-corrected chi connectivity index (χ0v) is 27.4. The first-order valence-electron chi connectivity index (χ1n) is 16.2. The summed E-state index contributed by atoms with van der Waals surface area (Å²) in [5.41, 5.74) is 10.0. The van der Waals surface area contributed by atoms with E-state index in [0.717, 1.165) is 45.6 Å². The summed E-state index contributed by atoms with van der Waals surface area (Å²) in [5, 5.41) is 3.51. The first-order chi connectivity index (χ1) is 23.6. The summed E-state index contributed by atoms with van der Waals surface area (Å²) in [6, 6.07) is 38.5. The molecule has 48 heavy (non-hydrogen) atoms. The van der Waals surface area contributed by atoms with Crippen LogP contribution in [0.4, 0.5) is 0 Å². The van der Waals surface area contributed by atoms with Crippen LogP contribution in [0.2, 0.25) is 0 Å². The van der Waals surface area contributed by atoms with Crippen LogP contribution in [0.5, 0.6) is 0 Å². The Bertz CT molecular complexity index is 2420. The monoisotopic (exact) mass is 636 g/mol. The lowest BCUT2D eigenvalue weighted by Crippen LogP contribution is -2.08. The molecule has 0 saturated heterocycles. The molecule has 0 spiro atoms. The van der Waals surface area contributed by atoms with Gasteiger partial charge in [0.05, 0.1) is 10.2 Å². The number of aromatic nitrogens is 4. The molecular weight excluding hydrogens is 605 g/mol. The van der Waals surface area contributed by atoms with Gasteiger partial charge in [-0.05, 0) is 65.1 Å². The van der Waals surface area contributed by atoms with Crippen LogP contribution in [0.1, 0.15) is 36.1 Å². The van der Waals surface area contributed by atoms with Gasteiger partial charge in [-0.15, -0.1) is 11.3 Å². The van der Waals surface area contributed by atoms with Crippen LogP contribution < -0.4 is 0 Å². The van der Waals surface area contributed by atoms with E-state index in [0.29, 0.717) is 17.5 Å². The smallest absolute Gasteiger partial charge is 0.164 e. The molecule has 0 bridgehead atoms. The van der Waals surface area contributed by atoms with Crippen LogP contribution in [-0.2, 0) is 6.42 Å². The highest BCUT2D eigenvalue weighted by Gasteiger charge is 2.20. The van der Waals surface area contributed by atoms with Gasteiger partial charge in [0, 0.05) is 22.1 Å². The van der Waals surface area contributed by atoms with E-state index in [1.54, 1.807) is 17.4 Å². The predicted octanol–water partition coefficient (Wildman–Crippen LogP) is 11.2. The quantitative estimate of drug-likeness (QED) is 0.163. The standard InChI is InChI=1S/C43H32N4S/c1-3-4-7-13-28(2)40-45-41(30-14-8-5-9-15-30)47-42(46-40)36-19-12-18-34-26-32(22-24-35(34)36)33-21-20-29-23-25-38-39(37(29)27-33)48-43(44-38)31-16-10-6-11-17-31/h3-11,13-17,19-27H,1,12,18H2,2H3/b7-4-,28-13+. The Kier molecular flexibility index (Phi) is 7.89. The van der Waals surface area contributed by atoms with Gasteiger partial charge in [-0.25, -0.2) is 19.9 Å². The molecule has 0 amide bonds. The maximum atomic E-state index is 5.02. The molecule has 0 fully saturated rings. The van der Waals surface area contributed by atoms with E-state index in [2.05, 4.69) is 85.5 Å². The highest BCUT2D eigenvalue weighted by atomic mass is 32.1. The van der Waals surface area contributed by atoms with Crippen LogP contribution in [0.3, 0.4) is 0 Å². The third-order valence-corrected chi connectivity index (χ3v) is 9.89. The Morgan fingerprint density at radius 1 is 0.708 bits per heavy atom. The highest BCUT2D eigenvalue weighted by Crippen LogP contribution is 2.38. The molecule has 0 unspecified atom stereocenters. The number of fused-ring (bicyclic) bond motifs is 4. The van der Waals surface area contributed by atoms with Gasteiger partial charge in [0.15, 0.2) is 17.5 Å². The minimum atomic E-state index is 0.665. The van der Waals surface area contributed by atoms with Gasteiger partial charge >= 0.3 is 0 Å². The second kappa shape index (κ2) is 12.8. The second-order valence-corrected chi connectivity index (χ2v) is 12.9. The van der Waals surface area contributed by atoms with Crippen molar-refractivity contribution in [1.82, 2.24) is 19.9 Å². The normalized spacial score (nSPS) is 13.2. The van der Waals surface area contributed by atoms with E-state index in [1.807, 2.05) is 61.5 Å². The van der Waals surface area contributed by atoms with E-state index in [9.17, 15) is 0 Å². The Labute approximate surface area is 284 Å². The number of aryl methyl sites for hydroxylation is 1. The Hall–Kier alpha value is -5.78. The van der Waals surface area contributed by atoms with Crippen LogP contribution in [0.15, 0.2) is 146 Å². The molecule has 230 valence electrons. The predicted molar refractivity (Wildman–Crippen MR) is 202 cm³/mol. The Morgan fingerprint density at radius 2 is 1.44 bits per heavy atom. The number of hydrogen-bond acceptors (Lipinski definition) is 5. The highest BCUT2D eigenvalue weighted by molar-refractivity contribution is 7.22. The number of hydrogen-bond donors (Lipinski definition) is 0. The topological polar surface area (TPSA) is 51.6 Å². The van der Waals surface area contributed by atoms with Crippen LogP contribution >= 0.6 is 11.3 Å². The largest absolute Gasteiger partial charge is 0.236 e. The van der Waals surface area contributed by atoms with Gasteiger partial charge in [0.2, 0.25) is 0 Å². The van der Waals surface area contributed by atoms with Gasteiger partial charge in [0.1, 0.15) is 5.01 Å². The lowest BCUT2D eigenvalue weighted by Gasteiger charge is -2.19.